The Kier molecular flexibility index (Phi) is 4.53. The lowest BCUT2D eigenvalue weighted by Gasteiger charge is -2.11. The van der Waals surface area contributed by atoms with Crippen molar-refractivity contribution < 1.29 is 13.2 Å². The van der Waals surface area contributed by atoms with Gasteiger partial charge in [0, 0.05) is 5.69 Å². The normalized spacial score (nSPS) is 11.2. The summed E-state index contributed by atoms with van der Waals surface area (Å²) in [5, 5.41) is 0. The summed E-state index contributed by atoms with van der Waals surface area (Å²) in [4.78, 5) is 0.209. The van der Waals surface area contributed by atoms with E-state index in [2.05, 4.69) is 11.6 Å². The Hall–Kier alpha value is -2.01. The Balaban J connectivity index is 2.26. The van der Waals surface area contributed by atoms with Crippen LogP contribution in [0.2, 0.25) is 0 Å². The van der Waals surface area contributed by atoms with Crippen LogP contribution in [0.15, 0.2) is 47.4 Å². The number of anilines is 1. The first-order valence-electron chi connectivity index (χ1n) is 6.72. The summed E-state index contributed by atoms with van der Waals surface area (Å²) in [7, 11) is -2.04. The van der Waals surface area contributed by atoms with Crippen molar-refractivity contribution in [2.45, 2.75) is 25.2 Å². The van der Waals surface area contributed by atoms with Crippen LogP contribution in [0.5, 0.6) is 5.75 Å². The van der Waals surface area contributed by atoms with E-state index >= 15 is 0 Å². The van der Waals surface area contributed by atoms with E-state index in [1.807, 2.05) is 19.1 Å². The van der Waals surface area contributed by atoms with Gasteiger partial charge in [0.2, 0.25) is 0 Å². The van der Waals surface area contributed by atoms with Crippen molar-refractivity contribution in [1.29, 1.82) is 0 Å². The average molecular weight is 305 g/mol. The number of aryl methyl sites for hydroxylation is 2. The van der Waals surface area contributed by atoms with Crippen molar-refractivity contribution in [1.82, 2.24) is 0 Å². The fourth-order valence-electron chi connectivity index (χ4n) is 2.13. The van der Waals surface area contributed by atoms with E-state index in [9.17, 15) is 8.42 Å². The summed E-state index contributed by atoms with van der Waals surface area (Å²) < 4.78 is 32.3. The summed E-state index contributed by atoms with van der Waals surface area (Å²) in [6.07, 6.45) is 0.928. The van der Waals surface area contributed by atoms with E-state index in [1.54, 1.807) is 25.3 Å². The summed E-state index contributed by atoms with van der Waals surface area (Å²) in [5.74, 6) is 0.622. The number of rotatable bonds is 5. The molecule has 0 aliphatic carbocycles. The number of hydrogen-bond acceptors (Lipinski definition) is 3. The fraction of sp³-hybridized carbons (Fsp3) is 0.250. The van der Waals surface area contributed by atoms with Crippen molar-refractivity contribution >= 4 is 15.7 Å². The maximum absolute atomic E-state index is 12.3. The fourth-order valence-corrected chi connectivity index (χ4v) is 3.17. The van der Waals surface area contributed by atoms with Gasteiger partial charge in [-0.2, -0.15) is 0 Å². The van der Waals surface area contributed by atoms with E-state index < -0.39 is 10.0 Å². The third-order valence-electron chi connectivity index (χ3n) is 3.35. The van der Waals surface area contributed by atoms with Crippen molar-refractivity contribution in [3.05, 3.63) is 53.6 Å². The van der Waals surface area contributed by atoms with Gasteiger partial charge in [-0.1, -0.05) is 13.0 Å². The van der Waals surface area contributed by atoms with Gasteiger partial charge >= 0.3 is 0 Å². The molecule has 0 unspecified atom stereocenters. The second-order valence-corrected chi connectivity index (χ2v) is 6.46. The topological polar surface area (TPSA) is 55.4 Å². The summed E-state index contributed by atoms with van der Waals surface area (Å²) in [5.41, 5.74) is 2.86. The molecule has 2 aromatic carbocycles. The van der Waals surface area contributed by atoms with Gasteiger partial charge in [0.25, 0.3) is 10.0 Å². The first-order valence-corrected chi connectivity index (χ1v) is 8.21. The van der Waals surface area contributed by atoms with Crippen LogP contribution in [0.25, 0.3) is 0 Å². The molecular weight excluding hydrogens is 286 g/mol. The molecule has 0 heterocycles. The van der Waals surface area contributed by atoms with E-state index in [-0.39, 0.29) is 4.90 Å². The summed E-state index contributed by atoms with van der Waals surface area (Å²) in [6.45, 7) is 4.05. The van der Waals surface area contributed by atoms with Gasteiger partial charge in [-0.25, -0.2) is 8.42 Å². The van der Waals surface area contributed by atoms with E-state index in [0.717, 1.165) is 12.0 Å². The maximum Gasteiger partial charge on any atom is 0.261 e. The Morgan fingerprint density at radius 1 is 1.10 bits per heavy atom. The molecule has 0 bridgehead atoms. The molecule has 0 spiro atoms. The number of nitrogens with one attached hydrogen (secondary N) is 1. The lowest BCUT2D eigenvalue weighted by molar-refractivity contribution is 0.414. The van der Waals surface area contributed by atoms with Crippen LogP contribution >= 0.6 is 0 Å². The average Bonchev–Trinajstić information content (AvgIpc) is 2.47. The molecule has 112 valence electrons. The summed E-state index contributed by atoms with van der Waals surface area (Å²) in [6, 6.07) is 11.9. The molecule has 0 saturated heterocycles. The molecule has 0 radical (unpaired) electrons. The minimum Gasteiger partial charge on any atom is -0.497 e. The zero-order valence-electron chi connectivity index (χ0n) is 12.4. The van der Waals surface area contributed by atoms with Gasteiger partial charge in [0.05, 0.1) is 12.0 Å². The number of benzene rings is 2. The third-order valence-corrected chi connectivity index (χ3v) is 4.74. The molecule has 1 N–H and O–H groups in total. The van der Waals surface area contributed by atoms with Crippen LogP contribution in [0, 0.1) is 6.92 Å². The zero-order valence-corrected chi connectivity index (χ0v) is 13.2. The highest BCUT2D eigenvalue weighted by Crippen LogP contribution is 2.21. The Morgan fingerprint density at radius 3 is 2.29 bits per heavy atom. The van der Waals surface area contributed by atoms with Crippen molar-refractivity contribution in [2.24, 2.45) is 0 Å². The Bertz CT molecular complexity index is 722. The lowest BCUT2D eigenvalue weighted by Crippen LogP contribution is -2.13. The van der Waals surface area contributed by atoms with Crippen LogP contribution in [0.4, 0.5) is 5.69 Å². The molecule has 0 saturated carbocycles. The van der Waals surface area contributed by atoms with Crippen LogP contribution in [-0.2, 0) is 16.4 Å². The number of hydrogen-bond donors (Lipinski definition) is 1. The monoisotopic (exact) mass is 305 g/mol. The SMILES string of the molecule is CCc1ccc(NS(=O)(=O)c2ccc(OC)cc2)cc1C. The molecule has 0 fully saturated rings. The zero-order chi connectivity index (χ0) is 15.5. The Labute approximate surface area is 125 Å². The van der Waals surface area contributed by atoms with Crippen molar-refractivity contribution in [2.75, 3.05) is 11.8 Å². The number of methoxy groups -OCH3 is 1. The molecule has 5 heteroatoms. The second kappa shape index (κ2) is 6.18. The number of ether oxygens (including phenoxy) is 1. The van der Waals surface area contributed by atoms with E-state index in [4.69, 9.17) is 4.74 Å². The Morgan fingerprint density at radius 2 is 1.76 bits per heavy atom. The first kappa shape index (κ1) is 15.4. The van der Waals surface area contributed by atoms with Crippen LogP contribution in [0.1, 0.15) is 18.1 Å². The maximum atomic E-state index is 12.3. The molecule has 21 heavy (non-hydrogen) atoms. The van der Waals surface area contributed by atoms with Crippen LogP contribution < -0.4 is 9.46 Å². The van der Waals surface area contributed by atoms with Crippen molar-refractivity contribution in [3.63, 3.8) is 0 Å². The molecule has 2 aromatic rings. The van der Waals surface area contributed by atoms with E-state index in [1.165, 1.54) is 17.7 Å². The lowest BCUT2D eigenvalue weighted by atomic mass is 10.1. The van der Waals surface area contributed by atoms with Crippen molar-refractivity contribution in [3.8, 4) is 5.75 Å². The van der Waals surface area contributed by atoms with Gasteiger partial charge in [0.1, 0.15) is 5.75 Å². The van der Waals surface area contributed by atoms with Gasteiger partial charge < -0.3 is 4.74 Å². The quantitative estimate of drug-likeness (QED) is 0.921. The standard InChI is InChI=1S/C16H19NO3S/c1-4-13-5-6-14(11-12(13)2)17-21(18,19)16-9-7-15(20-3)8-10-16/h5-11,17H,4H2,1-3H3. The summed E-state index contributed by atoms with van der Waals surface area (Å²) >= 11 is 0. The molecule has 0 aliphatic rings. The predicted molar refractivity (Wildman–Crippen MR) is 84.4 cm³/mol. The molecule has 0 atom stereocenters. The molecule has 4 nitrogen and oxygen atoms in total. The second-order valence-electron chi connectivity index (χ2n) is 4.78. The molecular formula is C16H19NO3S. The van der Waals surface area contributed by atoms with Gasteiger partial charge in [-0.05, 0) is 60.9 Å². The van der Waals surface area contributed by atoms with E-state index in [0.29, 0.717) is 11.4 Å². The molecule has 0 amide bonds. The van der Waals surface area contributed by atoms with Gasteiger partial charge in [-0.3, -0.25) is 4.72 Å². The molecule has 0 aromatic heterocycles. The van der Waals surface area contributed by atoms with Crippen LogP contribution in [-0.4, -0.2) is 15.5 Å². The predicted octanol–water partition coefficient (Wildman–Crippen LogP) is 3.37. The third kappa shape index (κ3) is 3.55. The minimum absolute atomic E-state index is 0.209. The smallest absolute Gasteiger partial charge is 0.261 e. The van der Waals surface area contributed by atoms with Crippen LogP contribution in [0.3, 0.4) is 0 Å². The highest BCUT2D eigenvalue weighted by Gasteiger charge is 2.14. The highest BCUT2D eigenvalue weighted by atomic mass is 32.2. The highest BCUT2D eigenvalue weighted by molar-refractivity contribution is 7.92. The van der Waals surface area contributed by atoms with Gasteiger partial charge in [-0.15, -0.1) is 0 Å². The minimum atomic E-state index is -3.58. The first-order chi connectivity index (χ1) is 9.96. The molecule has 2 rings (SSSR count). The number of sulfonamides is 1. The largest absolute Gasteiger partial charge is 0.497 e. The molecule has 0 aliphatic heterocycles. The van der Waals surface area contributed by atoms with Gasteiger partial charge in [0.15, 0.2) is 0 Å².